The lowest BCUT2D eigenvalue weighted by molar-refractivity contribution is -0.180. The molecule has 0 atom stereocenters. The second kappa shape index (κ2) is 21.9. The molecule has 15 nitrogen and oxygen atoms in total. The Labute approximate surface area is 364 Å². The van der Waals surface area contributed by atoms with Gasteiger partial charge in [-0.3, -0.25) is 9.67 Å². The van der Waals surface area contributed by atoms with Crippen molar-refractivity contribution >= 4 is 39.3 Å². The molecule has 0 spiro atoms. The number of carbonyl (C=O) groups is 1. The van der Waals surface area contributed by atoms with Crippen molar-refractivity contribution in [1.82, 2.24) is 29.4 Å². The van der Waals surface area contributed by atoms with Gasteiger partial charge in [0.2, 0.25) is 0 Å². The van der Waals surface area contributed by atoms with E-state index in [-0.39, 0.29) is 38.6 Å². The Balaban J connectivity index is 1.65. The van der Waals surface area contributed by atoms with Crippen molar-refractivity contribution in [3.05, 3.63) is 54.6 Å². The van der Waals surface area contributed by atoms with Crippen LogP contribution in [0.3, 0.4) is 0 Å². The molecule has 0 saturated heterocycles. The van der Waals surface area contributed by atoms with Crippen molar-refractivity contribution in [2.24, 2.45) is 7.05 Å². The molecule has 0 bridgehead atoms. The largest absolute Gasteiger partial charge is 0.494 e. The molecule has 1 aliphatic rings. The summed E-state index contributed by atoms with van der Waals surface area (Å²) in [5, 5.41) is 9.56. The van der Waals surface area contributed by atoms with Gasteiger partial charge in [0, 0.05) is 80.1 Å². The van der Waals surface area contributed by atoms with Gasteiger partial charge in [0.25, 0.3) is 0 Å². The number of methoxy groups -OCH3 is 2. The lowest BCUT2D eigenvalue weighted by Crippen LogP contribution is -2.47. The molecule has 1 fully saturated rings. The van der Waals surface area contributed by atoms with Gasteiger partial charge >= 0.3 is 5.97 Å². The predicted molar refractivity (Wildman–Crippen MR) is 244 cm³/mol. The highest BCUT2D eigenvalue weighted by Gasteiger charge is 2.46. The van der Waals surface area contributed by atoms with E-state index in [2.05, 4.69) is 55.9 Å². The molecule has 0 aromatic carbocycles. The van der Waals surface area contributed by atoms with E-state index in [4.69, 9.17) is 48.2 Å². The summed E-state index contributed by atoms with van der Waals surface area (Å²) in [6.45, 7) is 23.7. The molecule has 0 radical (unpaired) electrons. The van der Waals surface area contributed by atoms with Gasteiger partial charge in [0.1, 0.15) is 37.3 Å². The number of aryl methyl sites for hydroxylation is 1. The summed E-state index contributed by atoms with van der Waals surface area (Å²) in [6, 6.07) is 7.97. The lowest BCUT2D eigenvalue weighted by Gasteiger charge is -2.38. The van der Waals surface area contributed by atoms with Crippen LogP contribution in [0.5, 0.6) is 0 Å². The van der Waals surface area contributed by atoms with E-state index in [1.165, 1.54) is 0 Å². The fraction of sp³-hybridized carbons (Fsp3) is 0.614. The molecule has 4 heterocycles. The van der Waals surface area contributed by atoms with Crippen LogP contribution in [0.1, 0.15) is 49.8 Å². The first kappa shape index (κ1) is 48.1. The van der Waals surface area contributed by atoms with Crippen LogP contribution in [0.2, 0.25) is 51.4 Å². The van der Waals surface area contributed by atoms with Gasteiger partial charge in [-0.1, -0.05) is 51.9 Å². The molecule has 0 unspecified atom stereocenters. The summed E-state index contributed by atoms with van der Waals surface area (Å²) in [6.07, 6.45) is 7.59. The maximum absolute atomic E-state index is 13.7. The van der Waals surface area contributed by atoms with E-state index in [9.17, 15) is 4.79 Å². The first-order valence-electron chi connectivity index (χ1n) is 21.5. The third kappa shape index (κ3) is 13.0. The number of rotatable bonds is 25. The standard InChI is InChI=1S/C44H69N7O8Si2/c1-12-57-33(2)39-40(34-15-18-44(19-16-34,59-24-22-54-5)43(52)58-23-21-53-4)47-41-36(35-13-14-37(45-29-35)38-17-20-49(3)48-38)30-46-51(41)42(39)50(31-55-25-27-60(6,7)8)32-56-26-28-61(9,10)11/h13-14,17,20,29-30,34H,2,12,15-16,18-19,21-28,31-32H2,1,3-11H3. The summed E-state index contributed by atoms with van der Waals surface area (Å²) >= 11 is 0. The Morgan fingerprint density at radius 1 is 0.869 bits per heavy atom. The lowest BCUT2D eigenvalue weighted by atomic mass is 9.76. The van der Waals surface area contributed by atoms with Crippen molar-refractivity contribution < 1.29 is 38.0 Å². The topological polar surface area (TPSA) is 146 Å². The van der Waals surface area contributed by atoms with Crippen molar-refractivity contribution in [2.75, 3.05) is 78.8 Å². The fourth-order valence-corrected chi connectivity index (χ4v) is 8.77. The smallest absolute Gasteiger partial charge is 0.338 e. The third-order valence-electron chi connectivity index (χ3n) is 10.8. The van der Waals surface area contributed by atoms with Gasteiger partial charge in [-0.15, -0.1) is 0 Å². The van der Waals surface area contributed by atoms with Crippen LogP contribution < -0.4 is 4.90 Å². The van der Waals surface area contributed by atoms with Crippen LogP contribution >= 0.6 is 0 Å². The maximum atomic E-state index is 13.7. The monoisotopic (exact) mass is 879 g/mol. The molecule has 17 heteroatoms. The van der Waals surface area contributed by atoms with E-state index in [1.807, 2.05) is 55.3 Å². The van der Waals surface area contributed by atoms with Crippen molar-refractivity contribution in [2.45, 2.75) is 95.5 Å². The number of fused-ring (bicyclic) bond motifs is 1. The first-order valence-corrected chi connectivity index (χ1v) is 28.9. The van der Waals surface area contributed by atoms with Gasteiger partial charge in [-0.05, 0) is 56.8 Å². The second-order valence-corrected chi connectivity index (χ2v) is 29.4. The minimum atomic E-state index is -1.37. The summed E-state index contributed by atoms with van der Waals surface area (Å²) in [5.41, 5.74) is 4.27. The van der Waals surface area contributed by atoms with Crippen molar-refractivity contribution in [1.29, 1.82) is 0 Å². The van der Waals surface area contributed by atoms with Crippen molar-refractivity contribution in [3.8, 4) is 22.5 Å². The first-order chi connectivity index (χ1) is 29.1. The van der Waals surface area contributed by atoms with Crippen LogP contribution in [-0.2, 0) is 45.0 Å². The zero-order chi connectivity index (χ0) is 44.2. The molecule has 61 heavy (non-hydrogen) atoms. The quantitative estimate of drug-likeness (QED) is 0.0209. The Hall–Kier alpha value is -3.98. The van der Waals surface area contributed by atoms with Gasteiger partial charge in [0.05, 0.1) is 49.6 Å². The molecule has 1 aliphatic carbocycles. The molecule has 336 valence electrons. The Morgan fingerprint density at radius 2 is 1.52 bits per heavy atom. The van der Waals surface area contributed by atoms with Crippen LogP contribution in [0, 0.1) is 0 Å². The average Bonchev–Trinajstić information content (AvgIpc) is 3.85. The number of ether oxygens (including phenoxy) is 7. The van der Waals surface area contributed by atoms with Gasteiger partial charge in [0.15, 0.2) is 11.2 Å². The molecule has 4 aromatic rings. The van der Waals surface area contributed by atoms with E-state index in [1.54, 1.807) is 18.9 Å². The van der Waals surface area contributed by atoms with Crippen LogP contribution in [0.4, 0.5) is 5.82 Å². The van der Waals surface area contributed by atoms with Gasteiger partial charge in [-0.25, -0.2) is 9.78 Å². The van der Waals surface area contributed by atoms with Crippen molar-refractivity contribution in [3.63, 3.8) is 0 Å². The maximum Gasteiger partial charge on any atom is 0.338 e. The number of pyridine rings is 1. The number of esters is 1. The Morgan fingerprint density at radius 3 is 2.08 bits per heavy atom. The molecular weight excluding hydrogens is 811 g/mol. The summed E-state index contributed by atoms with van der Waals surface area (Å²) in [7, 11) is 2.33. The highest BCUT2D eigenvalue weighted by atomic mass is 28.3. The average molecular weight is 880 g/mol. The predicted octanol–water partition coefficient (Wildman–Crippen LogP) is 7.88. The number of carbonyl (C=O) groups excluding carboxylic acids is 1. The summed E-state index contributed by atoms with van der Waals surface area (Å²) in [5.74, 6) is 0.702. The van der Waals surface area contributed by atoms with Gasteiger partial charge < -0.3 is 38.1 Å². The fourth-order valence-electron chi connectivity index (χ4n) is 7.26. The van der Waals surface area contributed by atoms with Crippen LogP contribution in [-0.4, -0.2) is 131 Å². The molecule has 0 N–H and O–H groups in total. The highest BCUT2D eigenvalue weighted by molar-refractivity contribution is 6.76. The molecule has 4 aromatic heterocycles. The zero-order valence-electron chi connectivity index (χ0n) is 38.3. The third-order valence-corrected chi connectivity index (χ3v) is 14.2. The second-order valence-electron chi connectivity index (χ2n) is 18.1. The molecule has 0 aliphatic heterocycles. The van der Waals surface area contributed by atoms with E-state index in [0.717, 1.165) is 51.7 Å². The SMILES string of the molecule is C=C(OCC)c1c(C2CCC(OCCOC)(C(=O)OCCOC)CC2)nc2c(-c3ccc(-c4ccn(C)n4)nc3)cnn2c1N(COCC[Si](C)(C)C)COCC[Si](C)(C)C. The minimum Gasteiger partial charge on any atom is -0.494 e. The number of hydrogen-bond acceptors (Lipinski definition) is 13. The van der Waals surface area contributed by atoms with E-state index < -0.39 is 21.7 Å². The summed E-state index contributed by atoms with van der Waals surface area (Å²) < 4.78 is 45.4. The van der Waals surface area contributed by atoms with E-state index >= 15 is 0 Å². The number of anilines is 1. The van der Waals surface area contributed by atoms with Crippen LogP contribution in [0.25, 0.3) is 33.9 Å². The molecule has 5 rings (SSSR count). The zero-order valence-corrected chi connectivity index (χ0v) is 40.3. The number of nitrogens with zero attached hydrogens (tertiary/aromatic N) is 7. The van der Waals surface area contributed by atoms with Crippen LogP contribution in [0.15, 0.2) is 43.4 Å². The molecule has 1 saturated carbocycles. The molecule has 0 amide bonds. The Kier molecular flexibility index (Phi) is 17.2. The minimum absolute atomic E-state index is 0.100. The highest BCUT2D eigenvalue weighted by Crippen LogP contribution is 2.45. The Bertz CT molecular complexity index is 2000. The van der Waals surface area contributed by atoms with E-state index in [0.29, 0.717) is 70.1 Å². The number of aromatic nitrogens is 6. The normalized spacial score (nSPS) is 17.2. The van der Waals surface area contributed by atoms with Gasteiger partial charge in [-0.2, -0.15) is 14.7 Å². The molecular formula is C44H69N7O8Si2. The number of hydrogen-bond donors (Lipinski definition) is 0. The summed E-state index contributed by atoms with van der Waals surface area (Å²) in [4.78, 5) is 26.1.